The zero-order valence-electron chi connectivity index (χ0n) is 17.5. The standard InChI is InChI=1S/C25H25FN2O3/c1-3-31-23-16-12-21(13-17-23)27-25(29)28(22-14-10-20(26)11-15-22)18-6-8-19-7-4-5-9-24(19)30-2/h4-17H,3,18H2,1-2H3,(H,27,29)/b8-6+. The SMILES string of the molecule is CCOc1ccc(NC(=O)N(C/C=C/c2ccccc2OC)c2ccc(F)cc2)cc1. The lowest BCUT2D eigenvalue weighted by atomic mass is 10.2. The van der Waals surface area contributed by atoms with Crippen LogP contribution in [0, 0.1) is 5.82 Å². The molecule has 0 aliphatic rings. The summed E-state index contributed by atoms with van der Waals surface area (Å²) in [7, 11) is 1.61. The number of nitrogens with one attached hydrogen (secondary N) is 1. The van der Waals surface area contributed by atoms with E-state index in [9.17, 15) is 9.18 Å². The molecule has 0 atom stereocenters. The fraction of sp³-hybridized carbons (Fsp3) is 0.160. The summed E-state index contributed by atoms with van der Waals surface area (Å²) < 4.78 is 24.2. The number of carbonyl (C=O) groups excluding carboxylic acids is 1. The number of anilines is 2. The molecule has 0 saturated heterocycles. The van der Waals surface area contributed by atoms with Gasteiger partial charge < -0.3 is 14.8 Å². The van der Waals surface area contributed by atoms with Crippen LogP contribution in [-0.4, -0.2) is 26.3 Å². The third-order valence-corrected chi connectivity index (χ3v) is 4.52. The summed E-state index contributed by atoms with van der Waals surface area (Å²) in [5.41, 5.74) is 2.11. The van der Waals surface area contributed by atoms with Crippen molar-refractivity contribution in [1.82, 2.24) is 0 Å². The van der Waals surface area contributed by atoms with E-state index in [4.69, 9.17) is 9.47 Å². The van der Waals surface area contributed by atoms with Crippen LogP contribution in [0.4, 0.5) is 20.6 Å². The summed E-state index contributed by atoms with van der Waals surface area (Å²) in [6.45, 7) is 2.77. The number of halogens is 1. The lowest BCUT2D eigenvalue weighted by molar-refractivity contribution is 0.257. The number of urea groups is 1. The van der Waals surface area contributed by atoms with Gasteiger partial charge in [0.2, 0.25) is 0 Å². The monoisotopic (exact) mass is 420 g/mol. The smallest absolute Gasteiger partial charge is 0.326 e. The normalized spacial score (nSPS) is 10.7. The van der Waals surface area contributed by atoms with Crippen LogP contribution in [0.15, 0.2) is 78.9 Å². The number of hydrogen-bond donors (Lipinski definition) is 1. The van der Waals surface area contributed by atoms with Crippen LogP contribution in [0.5, 0.6) is 11.5 Å². The molecular formula is C25H25FN2O3. The van der Waals surface area contributed by atoms with E-state index in [1.54, 1.807) is 43.5 Å². The van der Waals surface area contributed by atoms with E-state index in [0.717, 1.165) is 17.1 Å². The van der Waals surface area contributed by atoms with Gasteiger partial charge in [-0.25, -0.2) is 9.18 Å². The van der Waals surface area contributed by atoms with Gasteiger partial charge in [-0.15, -0.1) is 0 Å². The van der Waals surface area contributed by atoms with Gasteiger partial charge in [0.15, 0.2) is 0 Å². The van der Waals surface area contributed by atoms with Gasteiger partial charge in [-0.1, -0.05) is 30.4 Å². The van der Waals surface area contributed by atoms with Gasteiger partial charge >= 0.3 is 6.03 Å². The van der Waals surface area contributed by atoms with E-state index < -0.39 is 0 Å². The Bertz CT molecular complexity index is 1020. The highest BCUT2D eigenvalue weighted by Crippen LogP contribution is 2.21. The fourth-order valence-corrected chi connectivity index (χ4v) is 3.01. The minimum absolute atomic E-state index is 0.284. The number of ether oxygens (including phenoxy) is 2. The number of rotatable bonds is 8. The predicted molar refractivity (Wildman–Crippen MR) is 122 cm³/mol. The molecule has 0 fully saturated rings. The highest BCUT2D eigenvalue weighted by Gasteiger charge is 2.15. The first-order valence-corrected chi connectivity index (χ1v) is 9.97. The van der Waals surface area contributed by atoms with E-state index in [1.807, 2.05) is 43.3 Å². The first kappa shape index (κ1) is 21.9. The average molecular weight is 420 g/mol. The summed E-state index contributed by atoms with van der Waals surface area (Å²) in [5, 5.41) is 2.87. The maximum atomic E-state index is 13.4. The molecule has 2 amide bonds. The number of para-hydroxylation sites is 1. The highest BCUT2D eigenvalue weighted by molar-refractivity contribution is 6.02. The van der Waals surface area contributed by atoms with E-state index in [2.05, 4.69) is 5.32 Å². The number of nitrogens with zero attached hydrogens (tertiary/aromatic N) is 1. The maximum absolute atomic E-state index is 13.4. The Balaban J connectivity index is 1.78. The Hall–Kier alpha value is -3.80. The van der Waals surface area contributed by atoms with Gasteiger partial charge in [0, 0.05) is 23.5 Å². The number of amides is 2. The number of hydrogen-bond acceptors (Lipinski definition) is 3. The molecule has 0 radical (unpaired) electrons. The van der Waals surface area contributed by atoms with Gasteiger partial charge in [-0.05, 0) is 61.5 Å². The topological polar surface area (TPSA) is 50.8 Å². The number of benzene rings is 3. The molecule has 5 nitrogen and oxygen atoms in total. The Labute approximate surface area is 181 Å². The van der Waals surface area contributed by atoms with Gasteiger partial charge in [-0.2, -0.15) is 0 Å². The molecule has 0 spiro atoms. The van der Waals surface area contributed by atoms with Crippen LogP contribution in [0.1, 0.15) is 12.5 Å². The van der Waals surface area contributed by atoms with E-state index in [-0.39, 0.29) is 18.4 Å². The van der Waals surface area contributed by atoms with Crippen molar-refractivity contribution in [2.45, 2.75) is 6.92 Å². The third kappa shape index (κ3) is 6.09. The van der Waals surface area contributed by atoms with Crippen molar-refractivity contribution in [3.05, 3.63) is 90.3 Å². The fourth-order valence-electron chi connectivity index (χ4n) is 3.01. The lowest BCUT2D eigenvalue weighted by Gasteiger charge is -2.22. The van der Waals surface area contributed by atoms with Crippen molar-refractivity contribution < 1.29 is 18.7 Å². The summed E-state index contributed by atoms with van der Waals surface area (Å²) >= 11 is 0. The molecule has 0 aliphatic heterocycles. The Morgan fingerprint density at radius 1 is 1.03 bits per heavy atom. The van der Waals surface area contributed by atoms with E-state index in [0.29, 0.717) is 18.0 Å². The molecule has 0 saturated carbocycles. The number of methoxy groups -OCH3 is 1. The van der Waals surface area contributed by atoms with Gasteiger partial charge in [0.25, 0.3) is 0 Å². The maximum Gasteiger partial charge on any atom is 0.326 e. The predicted octanol–water partition coefficient (Wildman–Crippen LogP) is 5.98. The molecule has 0 heterocycles. The Kier molecular flexibility index (Phi) is 7.65. The van der Waals surface area contributed by atoms with Crippen molar-refractivity contribution in [3.8, 4) is 11.5 Å². The van der Waals surface area contributed by atoms with Gasteiger partial charge in [0.1, 0.15) is 17.3 Å². The molecule has 3 rings (SSSR count). The van der Waals surface area contributed by atoms with Crippen molar-refractivity contribution in [3.63, 3.8) is 0 Å². The number of carbonyl (C=O) groups is 1. The molecule has 0 aliphatic carbocycles. The summed E-state index contributed by atoms with van der Waals surface area (Å²) in [6.07, 6.45) is 3.75. The van der Waals surface area contributed by atoms with Crippen LogP contribution in [0.2, 0.25) is 0 Å². The summed E-state index contributed by atoms with van der Waals surface area (Å²) in [5.74, 6) is 1.11. The molecule has 6 heteroatoms. The first-order chi connectivity index (χ1) is 15.1. The molecule has 31 heavy (non-hydrogen) atoms. The molecule has 160 valence electrons. The van der Waals surface area contributed by atoms with Crippen LogP contribution < -0.4 is 19.7 Å². The molecular weight excluding hydrogens is 395 g/mol. The minimum Gasteiger partial charge on any atom is -0.496 e. The van der Waals surface area contributed by atoms with E-state index in [1.165, 1.54) is 17.0 Å². The summed E-state index contributed by atoms with van der Waals surface area (Å²) in [6, 6.07) is 20.2. The zero-order chi connectivity index (χ0) is 22.1. The summed E-state index contributed by atoms with van der Waals surface area (Å²) in [4.78, 5) is 14.5. The van der Waals surface area contributed by atoms with Crippen molar-refractivity contribution in [1.29, 1.82) is 0 Å². The van der Waals surface area contributed by atoms with Crippen molar-refractivity contribution in [2.75, 3.05) is 30.5 Å². The Morgan fingerprint density at radius 2 is 1.74 bits per heavy atom. The average Bonchev–Trinajstić information content (AvgIpc) is 2.79. The Morgan fingerprint density at radius 3 is 2.42 bits per heavy atom. The molecule has 3 aromatic rings. The molecule has 3 aromatic carbocycles. The lowest BCUT2D eigenvalue weighted by Crippen LogP contribution is -2.35. The highest BCUT2D eigenvalue weighted by atomic mass is 19.1. The zero-order valence-corrected chi connectivity index (χ0v) is 17.5. The van der Waals surface area contributed by atoms with Crippen LogP contribution >= 0.6 is 0 Å². The minimum atomic E-state index is -0.361. The second-order valence-electron chi connectivity index (χ2n) is 6.62. The second-order valence-corrected chi connectivity index (χ2v) is 6.62. The van der Waals surface area contributed by atoms with Gasteiger partial charge in [0.05, 0.1) is 13.7 Å². The second kappa shape index (κ2) is 10.8. The molecule has 0 aromatic heterocycles. The van der Waals surface area contributed by atoms with Crippen LogP contribution in [0.25, 0.3) is 6.08 Å². The van der Waals surface area contributed by atoms with Crippen LogP contribution in [0.3, 0.4) is 0 Å². The molecule has 0 bridgehead atoms. The molecule has 0 unspecified atom stereocenters. The third-order valence-electron chi connectivity index (χ3n) is 4.52. The molecule has 1 N–H and O–H groups in total. The largest absolute Gasteiger partial charge is 0.496 e. The quantitative estimate of drug-likeness (QED) is 0.487. The van der Waals surface area contributed by atoms with E-state index >= 15 is 0 Å². The van der Waals surface area contributed by atoms with Crippen molar-refractivity contribution in [2.24, 2.45) is 0 Å². The first-order valence-electron chi connectivity index (χ1n) is 9.97. The van der Waals surface area contributed by atoms with Gasteiger partial charge in [-0.3, -0.25) is 4.90 Å². The van der Waals surface area contributed by atoms with Crippen molar-refractivity contribution >= 4 is 23.5 Å². The van der Waals surface area contributed by atoms with Crippen LogP contribution in [-0.2, 0) is 0 Å².